The highest BCUT2D eigenvalue weighted by molar-refractivity contribution is 5.94. The molecule has 0 aliphatic carbocycles. The van der Waals surface area contributed by atoms with Crippen molar-refractivity contribution < 1.29 is 27.9 Å². The van der Waals surface area contributed by atoms with Gasteiger partial charge in [-0.2, -0.15) is 13.2 Å². The summed E-state index contributed by atoms with van der Waals surface area (Å²) in [6, 6.07) is 1.01. The van der Waals surface area contributed by atoms with E-state index in [-0.39, 0.29) is 6.42 Å². The van der Waals surface area contributed by atoms with Gasteiger partial charge in [0.05, 0.1) is 12.0 Å². The summed E-state index contributed by atoms with van der Waals surface area (Å²) in [5.74, 6) is -2.22. The Morgan fingerprint density at radius 2 is 2.11 bits per heavy atom. The summed E-state index contributed by atoms with van der Waals surface area (Å²) in [5, 5.41) is 10.7. The number of amides is 1. The molecule has 0 saturated heterocycles. The summed E-state index contributed by atoms with van der Waals surface area (Å²) < 4.78 is 37.9. The molecule has 1 aromatic heterocycles. The van der Waals surface area contributed by atoms with E-state index in [2.05, 4.69) is 10.3 Å². The number of carbonyl (C=O) groups is 2. The number of rotatable bonds is 4. The SMILES string of the molecule is CC(CC(=O)O)NC(=O)c1ncccc1C(F)(F)F. The van der Waals surface area contributed by atoms with Gasteiger partial charge in [0.15, 0.2) is 0 Å². The maximum absolute atomic E-state index is 12.6. The van der Waals surface area contributed by atoms with Crippen molar-refractivity contribution in [2.24, 2.45) is 0 Å². The number of pyridine rings is 1. The first-order valence-electron chi connectivity index (χ1n) is 5.26. The number of alkyl halides is 3. The van der Waals surface area contributed by atoms with Crippen LogP contribution in [-0.2, 0) is 11.0 Å². The monoisotopic (exact) mass is 276 g/mol. The highest BCUT2D eigenvalue weighted by Gasteiger charge is 2.36. The number of aliphatic carboxylic acids is 1. The molecule has 1 unspecified atom stereocenters. The van der Waals surface area contributed by atoms with Crippen LogP contribution in [0.15, 0.2) is 18.3 Å². The van der Waals surface area contributed by atoms with Crippen LogP contribution in [0.3, 0.4) is 0 Å². The number of carboxylic acid groups (broad SMARTS) is 1. The van der Waals surface area contributed by atoms with Crippen molar-refractivity contribution in [3.8, 4) is 0 Å². The molecule has 0 fully saturated rings. The molecular formula is C11H11F3N2O3. The molecule has 0 bridgehead atoms. The van der Waals surface area contributed by atoms with Crippen molar-refractivity contribution in [3.63, 3.8) is 0 Å². The van der Waals surface area contributed by atoms with E-state index in [0.717, 1.165) is 18.3 Å². The van der Waals surface area contributed by atoms with Gasteiger partial charge in [0.2, 0.25) is 0 Å². The van der Waals surface area contributed by atoms with Crippen LogP contribution in [-0.4, -0.2) is 28.0 Å². The molecule has 5 nitrogen and oxygen atoms in total. The summed E-state index contributed by atoms with van der Waals surface area (Å²) >= 11 is 0. The quantitative estimate of drug-likeness (QED) is 0.877. The van der Waals surface area contributed by atoms with Gasteiger partial charge in [-0.3, -0.25) is 14.6 Å². The first-order chi connectivity index (χ1) is 8.71. The van der Waals surface area contributed by atoms with E-state index in [1.54, 1.807) is 0 Å². The first kappa shape index (κ1) is 14.9. The zero-order chi connectivity index (χ0) is 14.6. The van der Waals surface area contributed by atoms with Gasteiger partial charge < -0.3 is 10.4 Å². The average Bonchev–Trinajstić information content (AvgIpc) is 2.26. The molecule has 1 amide bonds. The van der Waals surface area contributed by atoms with Crippen LogP contribution in [0, 0.1) is 0 Å². The number of hydrogen-bond donors (Lipinski definition) is 2. The van der Waals surface area contributed by atoms with E-state index >= 15 is 0 Å². The second kappa shape index (κ2) is 5.68. The molecule has 1 aromatic rings. The van der Waals surface area contributed by atoms with Crippen LogP contribution in [0.5, 0.6) is 0 Å². The lowest BCUT2D eigenvalue weighted by molar-refractivity contribution is -0.139. The lowest BCUT2D eigenvalue weighted by atomic mass is 10.1. The van der Waals surface area contributed by atoms with Gasteiger partial charge in [-0.15, -0.1) is 0 Å². The van der Waals surface area contributed by atoms with Crippen molar-refractivity contribution in [2.75, 3.05) is 0 Å². The number of nitrogens with one attached hydrogen (secondary N) is 1. The smallest absolute Gasteiger partial charge is 0.418 e. The standard InChI is InChI=1S/C11H11F3N2O3/c1-6(5-8(17)18)16-10(19)9-7(11(12,13)14)3-2-4-15-9/h2-4,6H,5H2,1H3,(H,16,19)(H,17,18). The third-order valence-electron chi connectivity index (χ3n) is 2.19. The van der Waals surface area contributed by atoms with Crippen molar-refractivity contribution >= 4 is 11.9 Å². The van der Waals surface area contributed by atoms with Crippen molar-refractivity contribution in [1.82, 2.24) is 10.3 Å². The molecule has 104 valence electrons. The van der Waals surface area contributed by atoms with E-state index in [1.165, 1.54) is 6.92 Å². The van der Waals surface area contributed by atoms with E-state index in [0.29, 0.717) is 0 Å². The van der Waals surface area contributed by atoms with Gasteiger partial charge >= 0.3 is 12.1 Å². The highest BCUT2D eigenvalue weighted by atomic mass is 19.4. The highest BCUT2D eigenvalue weighted by Crippen LogP contribution is 2.30. The lowest BCUT2D eigenvalue weighted by Crippen LogP contribution is -2.35. The van der Waals surface area contributed by atoms with Crippen LogP contribution >= 0.6 is 0 Å². The number of carbonyl (C=O) groups excluding carboxylic acids is 1. The Morgan fingerprint density at radius 3 is 2.63 bits per heavy atom. The fraction of sp³-hybridized carbons (Fsp3) is 0.364. The van der Waals surface area contributed by atoms with Gasteiger partial charge in [0.1, 0.15) is 5.69 Å². The molecule has 0 saturated carbocycles. The van der Waals surface area contributed by atoms with Crippen molar-refractivity contribution in [1.29, 1.82) is 0 Å². The molecule has 0 aliphatic heterocycles. The summed E-state index contributed by atoms with van der Waals surface area (Å²) in [5.41, 5.74) is -1.93. The van der Waals surface area contributed by atoms with Gasteiger partial charge in [-0.05, 0) is 19.1 Å². The normalized spacial score (nSPS) is 12.8. The molecule has 1 atom stereocenters. The zero-order valence-corrected chi connectivity index (χ0v) is 9.86. The van der Waals surface area contributed by atoms with Gasteiger partial charge in [0.25, 0.3) is 5.91 Å². The van der Waals surface area contributed by atoms with E-state index in [4.69, 9.17) is 5.11 Å². The Morgan fingerprint density at radius 1 is 1.47 bits per heavy atom. The Labute approximate surface area is 106 Å². The number of halogens is 3. The predicted molar refractivity (Wildman–Crippen MR) is 58.4 cm³/mol. The summed E-state index contributed by atoms with van der Waals surface area (Å²) in [4.78, 5) is 25.4. The third-order valence-corrected chi connectivity index (χ3v) is 2.19. The number of hydrogen-bond acceptors (Lipinski definition) is 3. The Kier molecular flexibility index (Phi) is 4.47. The molecule has 0 aliphatic rings. The average molecular weight is 276 g/mol. The Bertz CT molecular complexity index is 488. The zero-order valence-electron chi connectivity index (χ0n) is 9.86. The van der Waals surface area contributed by atoms with Crippen LogP contribution in [0.25, 0.3) is 0 Å². The molecule has 1 rings (SSSR count). The fourth-order valence-electron chi connectivity index (χ4n) is 1.42. The summed E-state index contributed by atoms with van der Waals surface area (Å²) in [7, 11) is 0. The van der Waals surface area contributed by atoms with Crippen LogP contribution in [0.2, 0.25) is 0 Å². The van der Waals surface area contributed by atoms with E-state index in [9.17, 15) is 22.8 Å². The third kappa shape index (κ3) is 4.23. The van der Waals surface area contributed by atoms with Crippen LogP contribution in [0.1, 0.15) is 29.4 Å². The van der Waals surface area contributed by atoms with E-state index < -0.39 is 35.4 Å². The summed E-state index contributed by atoms with van der Waals surface area (Å²) in [6.07, 6.45) is -4.02. The molecule has 1 heterocycles. The summed E-state index contributed by atoms with van der Waals surface area (Å²) in [6.45, 7) is 1.38. The number of aromatic nitrogens is 1. The Balaban J connectivity index is 2.92. The minimum atomic E-state index is -4.70. The minimum Gasteiger partial charge on any atom is -0.481 e. The molecule has 2 N–H and O–H groups in total. The number of carboxylic acids is 1. The molecular weight excluding hydrogens is 265 g/mol. The fourth-order valence-corrected chi connectivity index (χ4v) is 1.42. The maximum atomic E-state index is 12.6. The topological polar surface area (TPSA) is 79.3 Å². The van der Waals surface area contributed by atoms with Crippen molar-refractivity contribution in [3.05, 3.63) is 29.6 Å². The minimum absolute atomic E-state index is 0.389. The van der Waals surface area contributed by atoms with E-state index in [1.807, 2.05) is 0 Å². The largest absolute Gasteiger partial charge is 0.481 e. The predicted octanol–water partition coefficient (Wildman–Crippen LogP) is 1.69. The second-order valence-corrected chi connectivity index (χ2v) is 3.87. The number of nitrogens with zero attached hydrogens (tertiary/aromatic N) is 1. The van der Waals surface area contributed by atoms with Crippen molar-refractivity contribution in [2.45, 2.75) is 25.6 Å². The van der Waals surface area contributed by atoms with Crippen LogP contribution in [0.4, 0.5) is 13.2 Å². The molecule has 0 aromatic carbocycles. The second-order valence-electron chi connectivity index (χ2n) is 3.87. The maximum Gasteiger partial charge on any atom is 0.418 e. The van der Waals surface area contributed by atoms with Crippen LogP contribution < -0.4 is 5.32 Å². The first-order valence-corrected chi connectivity index (χ1v) is 5.26. The molecule has 8 heteroatoms. The lowest BCUT2D eigenvalue weighted by Gasteiger charge is -2.14. The molecule has 19 heavy (non-hydrogen) atoms. The Hall–Kier alpha value is -2.12. The van der Waals surface area contributed by atoms with Gasteiger partial charge in [-0.25, -0.2) is 0 Å². The van der Waals surface area contributed by atoms with Gasteiger partial charge in [-0.1, -0.05) is 0 Å². The molecule has 0 spiro atoms. The molecule has 0 radical (unpaired) electrons. The van der Waals surface area contributed by atoms with Gasteiger partial charge in [0, 0.05) is 12.2 Å².